The lowest BCUT2D eigenvalue weighted by Gasteiger charge is -2.03. The van der Waals surface area contributed by atoms with Crippen LogP contribution < -0.4 is 5.32 Å². The molecule has 0 saturated carbocycles. The minimum atomic E-state index is 0.893. The molecule has 0 radical (unpaired) electrons. The highest BCUT2D eigenvalue weighted by atomic mass is 35.5. The maximum Gasteiger partial charge on any atom is 0.0636 e. The number of benzene rings is 1. The van der Waals surface area contributed by atoms with Crippen LogP contribution >= 0.6 is 22.9 Å². The molecule has 0 amide bonds. The van der Waals surface area contributed by atoms with Crippen LogP contribution in [0.15, 0.2) is 24.3 Å². The molecule has 2 rings (SSSR count). The lowest BCUT2D eigenvalue weighted by Crippen LogP contribution is -2.13. The second-order valence-corrected chi connectivity index (χ2v) is 6.09. The Kier molecular flexibility index (Phi) is 5.48. The van der Waals surface area contributed by atoms with Gasteiger partial charge in [0.2, 0.25) is 0 Å². The topological polar surface area (TPSA) is 12.0 Å². The molecule has 0 spiro atoms. The number of fused-ring (bicyclic) bond motifs is 1. The first-order valence-electron chi connectivity index (χ1n) is 6.69. The summed E-state index contributed by atoms with van der Waals surface area (Å²) in [5.41, 5.74) is 0. The molecule has 0 aliphatic rings. The van der Waals surface area contributed by atoms with Crippen molar-refractivity contribution >= 4 is 33.0 Å². The van der Waals surface area contributed by atoms with Gasteiger partial charge in [-0.2, -0.15) is 0 Å². The van der Waals surface area contributed by atoms with E-state index < -0.39 is 0 Å². The monoisotopic (exact) mass is 281 g/mol. The number of hydrogen-bond acceptors (Lipinski definition) is 2. The molecule has 0 atom stereocenters. The number of halogens is 1. The van der Waals surface area contributed by atoms with Crippen LogP contribution in [0.25, 0.3) is 10.1 Å². The first kappa shape index (κ1) is 13.9. The molecule has 0 aliphatic carbocycles. The molecule has 2 aromatic rings. The maximum absolute atomic E-state index is 6.39. The zero-order valence-electron chi connectivity index (χ0n) is 10.8. The Bertz CT molecular complexity index is 492. The van der Waals surface area contributed by atoms with Gasteiger partial charge < -0.3 is 5.32 Å². The highest BCUT2D eigenvalue weighted by Crippen LogP contribution is 2.34. The van der Waals surface area contributed by atoms with E-state index in [1.54, 1.807) is 11.3 Å². The van der Waals surface area contributed by atoms with Crippen LogP contribution in [0.3, 0.4) is 0 Å². The Morgan fingerprint density at radius 3 is 2.78 bits per heavy atom. The fourth-order valence-electron chi connectivity index (χ4n) is 2.06. The first-order chi connectivity index (χ1) is 8.83. The average molecular weight is 282 g/mol. The van der Waals surface area contributed by atoms with Gasteiger partial charge >= 0.3 is 0 Å². The third-order valence-corrected chi connectivity index (χ3v) is 4.81. The van der Waals surface area contributed by atoms with Crippen LogP contribution in [-0.4, -0.2) is 6.54 Å². The largest absolute Gasteiger partial charge is 0.312 e. The average Bonchev–Trinajstić information content (AvgIpc) is 2.71. The van der Waals surface area contributed by atoms with E-state index in [9.17, 15) is 0 Å². The Hall–Kier alpha value is -0.570. The summed E-state index contributed by atoms with van der Waals surface area (Å²) in [6.07, 6.45) is 5.22. The van der Waals surface area contributed by atoms with E-state index in [4.69, 9.17) is 11.6 Å². The van der Waals surface area contributed by atoms with Crippen LogP contribution in [-0.2, 0) is 6.54 Å². The van der Waals surface area contributed by atoms with E-state index in [1.165, 1.54) is 40.6 Å². The Morgan fingerprint density at radius 1 is 1.17 bits per heavy atom. The Morgan fingerprint density at radius 2 is 2.00 bits per heavy atom. The van der Waals surface area contributed by atoms with Crippen molar-refractivity contribution in [1.82, 2.24) is 5.32 Å². The first-order valence-corrected chi connectivity index (χ1v) is 7.89. The molecule has 0 saturated heterocycles. The Labute approximate surface area is 118 Å². The zero-order valence-corrected chi connectivity index (χ0v) is 12.4. The normalized spacial score (nSPS) is 11.2. The quantitative estimate of drug-likeness (QED) is 0.686. The summed E-state index contributed by atoms with van der Waals surface area (Å²) < 4.78 is 1.28. The van der Waals surface area contributed by atoms with Crippen molar-refractivity contribution in [2.75, 3.05) is 6.54 Å². The minimum Gasteiger partial charge on any atom is -0.312 e. The van der Waals surface area contributed by atoms with Crippen LogP contribution in [0.4, 0.5) is 0 Å². The van der Waals surface area contributed by atoms with Crippen molar-refractivity contribution in [3.63, 3.8) is 0 Å². The molecule has 0 aliphatic heterocycles. The number of hydrogen-bond donors (Lipinski definition) is 1. The third kappa shape index (κ3) is 3.47. The lowest BCUT2D eigenvalue weighted by molar-refractivity contribution is 0.601. The van der Waals surface area contributed by atoms with Gasteiger partial charge in [0.25, 0.3) is 0 Å². The van der Waals surface area contributed by atoms with E-state index in [0.717, 1.165) is 18.1 Å². The van der Waals surface area contributed by atoms with Crippen molar-refractivity contribution in [2.45, 2.75) is 39.2 Å². The molecule has 0 bridgehead atoms. The molecule has 1 heterocycles. The molecule has 0 fully saturated rings. The van der Waals surface area contributed by atoms with E-state index in [0.29, 0.717) is 0 Å². The molecule has 3 heteroatoms. The molecule has 1 N–H and O–H groups in total. The van der Waals surface area contributed by atoms with Crippen LogP contribution in [0.5, 0.6) is 0 Å². The highest BCUT2D eigenvalue weighted by Gasteiger charge is 2.08. The molecule has 1 aromatic carbocycles. The highest BCUT2D eigenvalue weighted by molar-refractivity contribution is 7.19. The molecule has 0 unspecified atom stereocenters. The second kappa shape index (κ2) is 7.13. The fraction of sp³-hybridized carbons (Fsp3) is 0.467. The summed E-state index contributed by atoms with van der Waals surface area (Å²) in [5.74, 6) is 0. The van der Waals surface area contributed by atoms with Gasteiger partial charge in [0.05, 0.1) is 5.02 Å². The number of nitrogens with one attached hydrogen (secondary N) is 1. The molecule has 18 heavy (non-hydrogen) atoms. The van der Waals surface area contributed by atoms with E-state index >= 15 is 0 Å². The van der Waals surface area contributed by atoms with Crippen molar-refractivity contribution < 1.29 is 0 Å². The standard InChI is InChI=1S/C15H20ClNS/c1-2-3-4-7-10-17-11-14-15(16)12-8-5-6-9-13(12)18-14/h5-6,8-9,17H,2-4,7,10-11H2,1H3. The van der Waals surface area contributed by atoms with Gasteiger partial charge in [-0.25, -0.2) is 0 Å². The predicted octanol–water partition coefficient (Wildman–Crippen LogP) is 5.22. The summed E-state index contributed by atoms with van der Waals surface area (Å²) >= 11 is 8.19. The Balaban J connectivity index is 1.86. The molecule has 1 nitrogen and oxygen atoms in total. The minimum absolute atomic E-state index is 0.893. The van der Waals surface area contributed by atoms with Crippen LogP contribution in [0.1, 0.15) is 37.5 Å². The van der Waals surface area contributed by atoms with Gasteiger partial charge in [0, 0.05) is 21.5 Å². The van der Waals surface area contributed by atoms with Crippen molar-refractivity contribution in [3.05, 3.63) is 34.2 Å². The smallest absolute Gasteiger partial charge is 0.0636 e. The van der Waals surface area contributed by atoms with E-state index in [-0.39, 0.29) is 0 Å². The van der Waals surface area contributed by atoms with Crippen molar-refractivity contribution in [3.8, 4) is 0 Å². The van der Waals surface area contributed by atoms with Crippen molar-refractivity contribution in [1.29, 1.82) is 0 Å². The molecule has 1 aromatic heterocycles. The fourth-order valence-corrected chi connectivity index (χ4v) is 3.53. The summed E-state index contributed by atoms with van der Waals surface area (Å²) in [4.78, 5) is 1.26. The second-order valence-electron chi connectivity index (χ2n) is 4.57. The summed E-state index contributed by atoms with van der Waals surface area (Å²) in [5, 5.41) is 5.60. The third-order valence-electron chi connectivity index (χ3n) is 3.09. The number of rotatable bonds is 7. The van der Waals surface area contributed by atoms with Gasteiger partial charge in [0.1, 0.15) is 0 Å². The van der Waals surface area contributed by atoms with Crippen LogP contribution in [0.2, 0.25) is 5.02 Å². The van der Waals surface area contributed by atoms with Gasteiger partial charge in [-0.1, -0.05) is 56.0 Å². The maximum atomic E-state index is 6.39. The zero-order chi connectivity index (χ0) is 12.8. The van der Waals surface area contributed by atoms with Crippen LogP contribution in [0, 0.1) is 0 Å². The van der Waals surface area contributed by atoms with Gasteiger partial charge in [-0.05, 0) is 19.0 Å². The van der Waals surface area contributed by atoms with Gasteiger partial charge in [-0.3, -0.25) is 0 Å². The summed E-state index contributed by atoms with van der Waals surface area (Å²) in [7, 11) is 0. The molecule has 98 valence electrons. The van der Waals surface area contributed by atoms with E-state index in [1.807, 2.05) is 6.07 Å². The number of thiophene rings is 1. The number of unbranched alkanes of at least 4 members (excludes halogenated alkanes) is 3. The molecular weight excluding hydrogens is 262 g/mol. The summed E-state index contributed by atoms with van der Waals surface area (Å²) in [6, 6.07) is 8.34. The van der Waals surface area contributed by atoms with Crippen molar-refractivity contribution in [2.24, 2.45) is 0 Å². The van der Waals surface area contributed by atoms with Gasteiger partial charge in [0.15, 0.2) is 0 Å². The van der Waals surface area contributed by atoms with Gasteiger partial charge in [-0.15, -0.1) is 11.3 Å². The van der Waals surface area contributed by atoms with E-state index in [2.05, 4.69) is 30.4 Å². The summed E-state index contributed by atoms with van der Waals surface area (Å²) in [6.45, 7) is 4.22. The SMILES string of the molecule is CCCCCCNCc1sc2ccccc2c1Cl. The predicted molar refractivity (Wildman–Crippen MR) is 82.7 cm³/mol. The molecular formula is C15H20ClNS. The lowest BCUT2D eigenvalue weighted by atomic mass is 10.2.